The third-order valence-electron chi connectivity index (χ3n) is 2.68. The first-order valence-electron chi connectivity index (χ1n) is 5.95. The smallest absolute Gasteiger partial charge is 0.251 e. The zero-order valence-corrected chi connectivity index (χ0v) is 11.7. The van der Waals surface area contributed by atoms with Gasteiger partial charge in [0.05, 0.1) is 17.1 Å². The van der Waals surface area contributed by atoms with Crippen molar-refractivity contribution in [3.63, 3.8) is 0 Å². The van der Waals surface area contributed by atoms with Gasteiger partial charge in [0.15, 0.2) is 9.84 Å². The summed E-state index contributed by atoms with van der Waals surface area (Å²) in [5.74, 6) is -0.332. The molecule has 1 heterocycles. The van der Waals surface area contributed by atoms with Gasteiger partial charge >= 0.3 is 0 Å². The lowest BCUT2D eigenvalue weighted by Crippen LogP contribution is -2.23. The Kier molecular flexibility index (Phi) is 4.14. The lowest BCUT2D eigenvalue weighted by molar-refractivity contribution is 0.0950. The highest BCUT2D eigenvalue weighted by atomic mass is 32.2. The van der Waals surface area contributed by atoms with Gasteiger partial charge in [-0.05, 0) is 30.3 Å². The van der Waals surface area contributed by atoms with Gasteiger partial charge in [-0.15, -0.1) is 0 Å². The van der Waals surface area contributed by atoms with Gasteiger partial charge in [-0.3, -0.25) is 9.78 Å². The van der Waals surface area contributed by atoms with Crippen LogP contribution in [-0.4, -0.2) is 25.6 Å². The second-order valence-electron chi connectivity index (χ2n) is 4.30. The fourth-order valence-electron chi connectivity index (χ4n) is 1.64. The van der Waals surface area contributed by atoms with Crippen LogP contribution in [0.2, 0.25) is 0 Å². The third kappa shape index (κ3) is 3.64. The van der Waals surface area contributed by atoms with Crippen LogP contribution in [0.3, 0.4) is 0 Å². The van der Waals surface area contributed by atoms with E-state index in [1.54, 1.807) is 30.5 Å². The summed E-state index contributed by atoms with van der Waals surface area (Å²) in [6, 6.07) is 11.4. The summed E-state index contributed by atoms with van der Waals surface area (Å²) in [6.45, 7) is 0.294. The maximum Gasteiger partial charge on any atom is 0.251 e. The van der Waals surface area contributed by atoms with Gasteiger partial charge in [0.25, 0.3) is 5.91 Å². The predicted molar refractivity (Wildman–Crippen MR) is 75.0 cm³/mol. The van der Waals surface area contributed by atoms with Crippen LogP contribution < -0.4 is 5.32 Å². The van der Waals surface area contributed by atoms with Crippen molar-refractivity contribution in [3.8, 4) is 0 Å². The number of benzene rings is 1. The molecule has 0 spiro atoms. The average Bonchev–Trinajstić information content (AvgIpc) is 2.45. The minimum Gasteiger partial charge on any atom is -0.346 e. The molecular weight excluding hydrogens is 276 g/mol. The second kappa shape index (κ2) is 5.83. The lowest BCUT2D eigenvalue weighted by atomic mass is 10.2. The maximum atomic E-state index is 12.0. The van der Waals surface area contributed by atoms with Crippen molar-refractivity contribution >= 4 is 15.7 Å². The van der Waals surface area contributed by atoms with E-state index in [0.29, 0.717) is 12.1 Å². The van der Waals surface area contributed by atoms with Crippen molar-refractivity contribution in [2.24, 2.45) is 0 Å². The van der Waals surface area contributed by atoms with Gasteiger partial charge in [0.2, 0.25) is 0 Å². The second-order valence-corrected chi connectivity index (χ2v) is 6.32. The molecule has 2 rings (SSSR count). The summed E-state index contributed by atoms with van der Waals surface area (Å²) in [7, 11) is -3.32. The number of nitrogens with zero attached hydrogens (tertiary/aromatic N) is 1. The molecule has 0 aliphatic heterocycles. The number of sulfone groups is 1. The molecule has 2 aromatic rings. The number of carbonyl (C=O) groups is 1. The van der Waals surface area contributed by atoms with Crippen LogP contribution >= 0.6 is 0 Å². The van der Waals surface area contributed by atoms with Crippen LogP contribution in [0.15, 0.2) is 53.6 Å². The molecular formula is C14H14N2O3S. The molecule has 1 N–H and O–H groups in total. The molecule has 0 unspecified atom stereocenters. The van der Waals surface area contributed by atoms with E-state index in [2.05, 4.69) is 10.3 Å². The number of amides is 1. The van der Waals surface area contributed by atoms with Crippen molar-refractivity contribution in [1.29, 1.82) is 0 Å². The molecule has 0 aliphatic rings. The molecule has 0 radical (unpaired) electrons. The van der Waals surface area contributed by atoms with Gasteiger partial charge in [-0.1, -0.05) is 12.1 Å². The summed E-state index contributed by atoms with van der Waals surface area (Å²) in [4.78, 5) is 16.2. The summed E-state index contributed by atoms with van der Waals surface area (Å²) in [6.07, 6.45) is 2.75. The van der Waals surface area contributed by atoms with Crippen molar-refractivity contribution in [2.45, 2.75) is 11.4 Å². The zero-order valence-electron chi connectivity index (χ0n) is 10.9. The number of pyridine rings is 1. The Morgan fingerprint density at radius 3 is 2.65 bits per heavy atom. The third-order valence-corrected chi connectivity index (χ3v) is 3.79. The molecule has 0 aliphatic carbocycles. The first-order chi connectivity index (χ1) is 9.47. The summed E-state index contributed by atoms with van der Waals surface area (Å²) in [5, 5.41) is 2.70. The van der Waals surface area contributed by atoms with Gasteiger partial charge in [0, 0.05) is 18.0 Å². The Bertz CT molecular complexity index is 712. The fraction of sp³-hybridized carbons (Fsp3) is 0.143. The van der Waals surface area contributed by atoms with E-state index in [4.69, 9.17) is 0 Å². The molecule has 6 heteroatoms. The van der Waals surface area contributed by atoms with E-state index in [1.165, 1.54) is 12.1 Å². The van der Waals surface area contributed by atoms with Gasteiger partial charge in [-0.2, -0.15) is 0 Å². The largest absolute Gasteiger partial charge is 0.346 e. The maximum absolute atomic E-state index is 12.0. The standard InChI is InChI=1S/C14H14N2O3S/c1-20(18,19)13-7-4-5-11(9-13)14(17)16-10-12-6-2-3-8-15-12/h2-9H,10H2,1H3,(H,16,17). The molecule has 1 aromatic carbocycles. The quantitative estimate of drug-likeness (QED) is 0.924. The lowest BCUT2D eigenvalue weighted by Gasteiger charge is -2.06. The molecule has 0 saturated carbocycles. The number of aromatic nitrogens is 1. The molecule has 0 atom stereocenters. The summed E-state index contributed by atoms with van der Waals surface area (Å²) < 4.78 is 22.9. The van der Waals surface area contributed by atoms with Crippen LogP contribution in [0.5, 0.6) is 0 Å². The Hall–Kier alpha value is -2.21. The van der Waals surface area contributed by atoms with Crippen molar-refractivity contribution in [2.75, 3.05) is 6.26 Å². The number of hydrogen-bond acceptors (Lipinski definition) is 4. The van der Waals surface area contributed by atoms with Crippen LogP contribution in [0, 0.1) is 0 Å². The van der Waals surface area contributed by atoms with E-state index in [-0.39, 0.29) is 10.8 Å². The molecule has 1 amide bonds. The first kappa shape index (κ1) is 14.2. The van der Waals surface area contributed by atoms with E-state index in [0.717, 1.165) is 11.9 Å². The number of hydrogen-bond donors (Lipinski definition) is 1. The highest BCUT2D eigenvalue weighted by molar-refractivity contribution is 7.90. The summed E-state index contributed by atoms with van der Waals surface area (Å²) in [5.41, 5.74) is 1.05. The number of carbonyl (C=O) groups excluding carboxylic acids is 1. The zero-order chi connectivity index (χ0) is 14.6. The monoisotopic (exact) mass is 290 g/mol. The first-order valence-corrected chi connectivity index (χ1v) is 7.84. The normalized spacial score (nSPS) is 11.1. The topological polar surface area (TPSA) is 76.1 Å². The van der Waals surface area contributed by atoms with Crippen LogP contribution in [0.25, 0.3) is 0 Å². The molecule has 5 nitrogen and oxygen atoms in total. The van der Waals surface area contributed by atoms with E-state index in [1.807, 2.05) is 6.07 Å². The van der Waals surface area contributed by atoms with Crippen molar-refractivity contribution < 1.29 is 13.2 Å². The van der Waals surface area contributed by atoms with Gasteiger partial charge in [0.1, 0.15) is 0 Å². The molecule has 0 bridgehead atoms. The highest BCUT2D eigenvalue weighted by Crippen LogP contribution is 2.11. The SMILES string of the molecule is CS(=O)(=O)c1cccc(C(=O)NCc2ccccn2)c1. The minimum atomic E-state index is -3.32. The fourth-order valence-corrected chi connectivity index (χ4v) is 2.31. The Labute approximate surface area is 117 Å². The molecule has 20 heavy (non-hydrogen) atoms. The van der Waals surface area contributed by atoms with Crippen LogP contribution in [0.1, 0.15) is 16.1 Å². The molecule has 104 valence electrons. The predicted octanol–water partition coefficient (Wildman–Crippen LogP) is 1.42. The van der Waals surface area contributed by atoms with Gasteiger partial charge < -0.3 is 5.32 Å². The average molecular weight is 290 g/mol. The number of nitrogens with one attached hydrogen (secondary N) is 1. The molecule has 0 fully saturated rings. The molecule has 0 saturated heterocycles. The Morgan fingerprint density at radius 2 is 2.00 bits per heavy atom. The van der Waals surface area contributed by atoms with E-state index < -0.39 is 9.84 Å². The highest BCUT2D eigenvalue weighted by Gasteiger charge is 2.11. The van der Waals surface area contributed by atoms with Crippen LogP contribution in [0.4, 0.5) is 0 Å². The van der Waals surface area contributed by atoms with Gasteiger partial charge in [-0.25, -0.2) is 8.42 Å². The number of rotatable bonds is 4. The minimum absolute atomic E-state index is 0.128. The van der Waals surface area contributed by atoms with Crippen molar-refractivity contribution in [1.82, 2.24) is 10.3 Å². The Morgan fingerprint density at radius 1 is 1.20 bits per heavy atom. The van der Waals surface area contributed by atoms with E-state index >= 15 is 0 Å². The Balaban J connectivity index is 2.10. The van der Waals surface area contributed by atoms with Crippen LogP contribution in [-0.2, 0) is 16.4 Å². The van der Waals surface area contributed by atoms with E-state index in [9.17, 15) is 13.2 Å². The van der Waals surface area contributed by atoms with Crippen molar-refractivity contribution in [3.05, 3.63) is 59.9 Å². The summed E-state index contributed by atoms with van der Waals surface area (Å²) >= 11 is 0. The molecule has 1 aromatic heterocycles.